The van der Waals surface area contributed by atoms with Crippen molar-refractivity contribution in [3.05, 3.63) is 101 Å². The van der Waals surface area contributed by atoms with Gasteiger partial charge in [-0.25, -0.2) is 4.79 Å². The highest BCUT2D eigenvalue weighted by molar-refractivity contribution is 6.37. The van der Waals surface area contributed by atoms with Gasteiger partial charge in [0.2, 0.25) is 0 Å². The lowest BCUT2D eigenvalue weighted by molar-refractivity contribution is -0.135. The molecule has 37 heavy (non-hydrogen) atoms. The van der Waals surface area contributed by atoms with E-state index in [1.165, 1.54) is 12.1 Å². The Morgan fingerprint density at radius 1 is 0.892 bits per heavy atom. The van der Waals surface area contributed by atoms with Crippen LogP contribution in [-0.2, 0) is 4.79 Å². The van der Waals surface area contributed by atoms with Crippen LogP contribution in [0.15, 0.2) is 91.0 Å². The largest absolute Gasteiger partial charge is 0.496 e. The highest BCUT2D eigenvalue weighted by Crippen LogP contribution is 2.42. The number of carboxylic acid groups (broad SMARTS) is 1. The van der Waals surface area contributed by atoms with Crippen molar-refractivity contribution in [2.45, 2.75) is 0 Å². The number of para-hydroxylation sites is 1. The molecule has 2 N–H and O–H groups in total. The molecule has 0 bridgehead atoms. The Morgan fingerprint density at radius 3 is 2.11 bits per heavy atom. The average molecular weight is 537 g/mol. The standard InChI is InChI=1S/C28H22Cl2N2O5/c1-36-25-13-12-21(16-22(25)18-8-4-2-5-9-18)37-27-23(29)14-20(15-24(27)30)32(17-26(33)34)28(35)31-19-10-6-3-7-11-19/h2-16H,17H2,1H3,(H,31,35)(H,33,34). The molecular formula is C28H22Cl2N2O5. The van der Waals surface area contributed by atoms with Crippen LogP contribution in [0.25, 0.3) is 11.1 Å². The molecule has 0 atom stereocenters. The molecule has 0 unspecified atom stereocenters. The van der Waals surface area contributed by atoms with Crippen LogP contribution in [0.1, 0.15) is 0 Å². The zero-order valence-electron chi connectivity index (χ0n) is 19.7. The normalized spacial score (nSPS) is 10.5. The van der Waals surface area contributed by atoms with Crippen molar-refractivity contribution in [1.82, 2.24) is 0 Å². The van der Waals surface area contributed by atoms with Crippen LogP contribution >= 0.6 is 23.2 Å². The van der Waals surface area contributed by atoms with Crippen molar-refractivity contribution < 1.29 is 24.2 Å². The van der Waals surface area contributed by atoms with E-state index in [9.17, 15) is 14.7 Å². The van der Waals surface area contributed by atoms with Gasteiger partial charge in [-0.3, -0.25) is 9.69 Å². The highest BCUT2D eigenvalue weighted by Gasteiger charge is 2.22. The van der Waals surface area contributed by atoms with E-state index >= 15 is 0 Å². The van der Waals surface area contributed by atoms with Crippen molar-refractivity contribution >= 4 is 46.6 Å². The number of halogens is 2. The van der Waals surface area contributed by atoms with Gasteiger partial charge in [-0.05, 0) is 48.0 Å². The molecule has 0 saturated heterocycles. The Kier molecular flexibility index (Phi) is 8.18. The van der Waals surface area contributed by atoms with E-state index in [-0.39, 0.29) is 21.5 Å². The van der Waals surface area contributed by atoms with Gasteiger partial charge in [0.1, 0.15) is 18.0 Å². The summed E-state index contributed by atoms with van der Waals surface area (Å²) in [6.45, 7) is -0.607. The summed E-state index contributed by atoms with van der Waals surface area (Å²) in [7, 11) is 1.59. The maximum atomic E-state index is 12.9. The van der Waals surface area contributed by atoms with E-state index in [0.29, 0.717) is 17.2 Å². The molecule has 9 heteroatoms. The number of rotatable bonds is 8. The van der Waals surface area contributed by atoms with Crippen molar-refractivity contribution in [1.29, 1.82) is 0 Å². The molecule has 4 aromatic carbocycles. The summed E-state index contributed by atoms with van der Waals surface area (Å²) in [5, 5.41) is 12.3. The first-order chi connectivity index (χ1) is 17.9. The van der Waals surface area contributed by atoms with E-state index in [1.807, 2.05) is 30.3 Å². The van der Waals surface area contributed by atoms with E-state index in [1.54, 1.807) is 55.6 Å². The number of nitrogens with one attached hydrogen (secondary N) is 1. The van der Waals surface area contributed by atoms with Crippen LogP contribution in [0.2, 0.25) is 10.0 Å². The Labute approximate surface area is 223 Å². The second-order valence-corrected chi connectivity index (χ2v) is 8.66. The second kappa shape index (κ2) is 11.7. The lowest BCUT2D eigenvalue weighted by atomic mass is 10.0. The molecule has 0 aliphatic heterocycles. The van der Waals surface area contributed by atoms with Gasteiger partial charge < -0.3 is 19.9 Å². The number of carbonyl (C=O) groups excluding carboxylic acids is 1. The zero-order valence-corrected chi connectivity index (χ0v) is 21.2. The molecular weight excluding hydrogens is 515 g/mol. The molecule has 7 nitrogen and oxygen atoms in total. The van der Waals surface area contributed by atoms with Crippen molar-refractivity contribution in [3.8, 4) is 28.4 Å². The molecule has 0 radical (unpaired) electrons. The summed E-state index contributed by atoms with van der Waals surface area (Å²) in [6, 6.07) is 25.8. The number of hydrogen-bond acceptors (Lipinski definition) is 4. The third-order valence-electron chi connectivity index (χ3n) is 5.33. The minimum absolute atomic E-state index is 0.0995. The van der Waals surface area contributed by atoms with Crippen LogP contribution in [0.5, 0.6) is 17.2 Å². The SMILES string of the molecule is COc1ccc(Oc2c(Cl)cc(N(CC(=O)O)C(=O)Nc3ccccc3)cc2Cl)cc1-c1ccccc1. The Hall–Kier alpha value is -4.20. The third-order valence-corrected chi connectivity index (χ3v) is 5.90. The van der Waals surface area contributed by atoms with Crippen LogP contribution in [-0.4, -0.2) is 30.8 Å². The Balaban J connectivity index is 1.63. The van der Waals surface area contributed by atoms with E-state index in [2.05, 4.69) is 5.32 Å². The second-order valence-electron chi connectivity index (χ2n) is 7.84. The first-order valence-electron chi connectivity index (χ1n) is 11.1. The number of amides is 2. The maximum Gasteiger partial charge on any atom is 0.326 e. The van der Waals surface area contributed by atoms with E-state index in [4.69, 9.17) is 32.7 Å². The number of carboxylic acids is 1. The number of anilines is 2. The molecule has 0 aliphatic carbocycles. The average Bonchev–Trinajstić information content (AvgIpc) is 2.90. The summed E-state index contributed by atoms with van der Waals surface area (Å²) >= 11 is 13.0. The number of nitrogens with zero attached hydrogens (tertiary/aromatic N) is 1. The quantitative estimate of drug-likeness (QED) is 0.242. The molecule has 4 aromatic rings. The predicted octanol–water partition coefficient (Wildman–Crippen LogP) is 7.58. The molecule has 0 saturated carbocycles. The summed E-state index contributed by atoms with van der Waals surface area (Å²) < 4.78 is 11.5. The minimum Gasteiger partial charge on any atom is -0.496 e. The lowest BCUT2D eigenvalue weighted by Gasteiger charge is -2.23. The minimum atomic E-state index is -1.21. The molecule has 0 aromatic heterocycles. The van der Waals surface area contributed by atoms with Gasteiger partial charge in [0, 0.05) is 16.9 Å². The fourth-order valence-electron chi connectivity index (χ4n) is 3.64. The van der Waals surface area contributed by atoms with Gasteiger partial charge in [-0.15, -0.1) is 0 Å². The summed E-state index contributed by atoms with van der Waals surface area (Å²) in [5.74, 6) is 0.0812. The van der Waals surface area contributed by atoms with Crippen molar-refractivity contribution in [2.75, 3.05) is 23.9 Å². The number of urea groups is 1. The monoisotopic (exact) mass is 536 g/mol. The highest BCUT2D eigenvalue weighted by atomic mass is 35.5. The molecule has 0 aliphatic rings. The van der Waals surface area contributed by atoms with E-state index < -0.39 is 18.5 Å². The number of carbonyl (C=O) groups is 2. The maximum absolute atomic E-state index is 12.9. The predicted molar refractivity (Wildman–Crippen MR) is 145 cm³/mol. The Morgan fingerprint density at radius 2 is 1.51 bits per heavy atom. The van der Waals surface area contributed by atoms with Crippen LogP contribution in [0.4, 0.5) is 16.2 Å². The first kappa shape index (κ1) is 25.9. The number of methoxy groups -OCH3 is 1. The lowest BCUT2D eigenvalue weighted by Crippen LogP contribution is -2.39. The summed E-state index contributed by atoms with van der Waals surface area (Å²) in [6.07, 6.45) is 0. The van der Waals surface area contributed by atoms with Gasteiger partial charge in [-0.1, -0.05) is 71.7 Å². The number of hydrogen-bond donors (Lipinski definition) is 2. The summed E-state index contributed by atoms with van der Waals surface area (Å²) in [5.41, 5.74) is 2.45. The Bertz CT molecular complexity index is 1390. The van der Waals surface area contributed by atoms with E-state index in [0.717, 1.165) is 16.0 Å². The molecule has 188 valence electrons. The van der Waals surface area contributed by atoms with Gasteiger partial charge >= 0.3 is 12.0 Å². The fourth-order valence-corrected chi connectivity index (χ4v) is 4.19. The smallest absolute Gasteiger partial charge is 0.326 e. The topological polar surface area (TPSA) is 88.1 Å². The molecule has 0 heterocycles. The van der Waals surface area contributed by atoms with Gasteiger partial charge in [0.15, 0.2) is 5.75 Å². The van der Waals surface area contributed by atoms with Gasteiger partial charge in [0.25, 0.3) is 0 Å². The van der Waals surface area contributed by atoms with Crippen LogP contribution in [0, 0.1) is 0 Å². The van der Waals surface area contributed by atoms with Crippen molar-refractivity contribution in [3.63, 3.8) is 0 Å². The molecule has 0 spiro atoms. The number of aliphatic carboxylic acids is 1. The van der Waals surface area contributed by atoms with Gasteiger partial charge in [0.05, 0.1) is 17.2 Å². The third kappa shape index (κ3) is 6.33. The molecule has 0 fully saturated rings. The summed E-state index contributed by atoms with van der Waals surface area (Å²) in [4.78, 5) is 25.4. The van der Waals surface area contributed by atoms with Crippen LogP contribution < -0.4 is 19.7 Å². The number of ether oxygens (including phenoxy) is 2. The first-order valence-corrected chi connectivity index (χ1v) is 11.9. The van der Waals surface area contributed by atoms with Crippen molar-refractivity contribution in [2.24, 2.45) is 0 Å². The zero-order chi connectivity index (χ0) is 26.4. The fraction of sp³-hybridized carbons (Fsp3) is 0.0714. The molecule has 2 amide bonds. The molecule has 4 rings (SSSR count). The number of benzene rings is 4. The van der Waals surface area contributed by atoms with Gasteiger partial charge in [-0.2, -0.15) is 0 Å². The van der Waals surface area contributed by atoms with Crippen LogP contribution in [0.3, 0.4) is 0 Å².